The largest absolute Gasteiger partial charge is 1.00 e. The molecule has 0 aliphatic rings. The maximum Gasteiger partial charge on any atom is -1.00 e. The Morgan fingerprint density at radius 2 is 1.56 bits per heavy atom. The summed E-state index contributed by atoms with van der Waals surface area (Å²) in [5.41, 5.74) is 0. The molecule has 0 aromatic carbocycles. The number of unbranched alkanes of at least 4 members (excludes halogenated alkanes) is 4. The predicted octanol–water partition coefficient (Wildman–Crippen LogP) is -0.452. The fourth-order valence-electron chi connectivity index (χ4n) is 0.780. The first kappa shape index (κ1) is 13.1. The molecule has 0 saturated heterocycles. The van der Waals surface area contributed by atoms with E-state index >= 15 is 0 Å². The summed E-state index contributed by atoms with van der Waals surface area (Å²) in [6, 6.07) is 0. The molecule has 0 bridgehead atoms. The van der Waals surface area contributed by atoms with Gasteiger partial charge in [-0.15, -0.1) is 0 Å². The van der Waals surface area contributed by atoms with E-state index in [0.29, 0.717) is 0 Å². The average molecular weight is 250 g/mol. The summed E-state index contributed by atoms with van der Waals surface area (Å²) < 4.78 is 1.39. The zero-order valence-corrected chi connectivity index (χ0v) is 9.90. The van der Waals surface area contributed by atoms with Gasteiger partial charge in [0, 0.05) is 0 Å². The number of rotatable bonds is 5. The zero-order chi connectivity index (χ0) is 6.24. The Kier molecular flexibility index (Phi) is 17.8. The van der Waals surface area contributed by atoms with E-state index in [1.807, 2.05) is 0 Å². The van der Waals surface area contributed by atoms with E-state index in [9.17, 15) is 0 Å². The van der Waals surface area contributed by atoms with Gasteiger partial charge < -0.3 is 24.0 Å². The minimum Gasteiger partial charge on any atom is -1.00 e. The first-order valence-corrected chi connectivity index (χ1v) is 4.71. The molecule has 0 unspecified atom stereocenters. The molecular weight excluding hydrogens is 235 g/mol. The van der Waals surface area contributed by atoms with Gasteiger partial charge in [-0.2, -0.15) is 0 Å². The third-order valence-electron chi connectivity index (χ3n) is 1.35. The molecule has 0 aromatic rings. The van der Waals surface area contributed by atoms with Crippen molar-refractivity contribution in [2.75, 3.05) is 0 Å². The molecule has 0 radical (unpaired) electrons. The molecule has 0 heterocycles. The molecule has 0 aromatic heterocycles. The fourth-order valence-corrected chi connectivity index (χ4v) is 1.13. The van der Waals surface area contributed by atoms with Crippen LogP contribution >= 0.6 is 0 Å². The van der Waals surface area contributed by atoms with Crippen LogP contribution in [0.2, 0.25) is 4.55 Å². The molecule has 2 heteroatoms. The summed E-state index contributed by atoms with van der Waals surface area (Å²) >= 11 is 2.09. The Labute approximate surface area is 88.6 Å². The number of halogens is 1. The van der Waals surface area contributed by atoms with Gasteiger partial charge in [0.2, 0.25) is 0 Å². The van der Waals surface area contributed by atoms with Crippen LogP contribution in [-0.4, -0.2) is 21.7 Å². The first-order chi connectivity index (χ1) is 3.91. The van der Waals surface area contributed by atoms with E-state index in [-0.39, 0.29) is 24.0 Å². The van der Waals surface area contributed by atoms with Crippen molar-refractivity contribution < 1.29 is 24.0 Å². The van der Waals surface area contributed by atoms with Crippen molar-refractivity contribution in [3.8, 4) is 0 Å². The maximum atomic E-state index is 2.26. The maximum absolute atomic E-state index is 2.26. The van der Waals surface area contributed by atoms with Gasteiger partial charge in [-0.3, -0.25) is 0 Å². The molecule has 52 valence electrons. The third kappa shape index (κ3) is 12.6. The molecule has 9 heavy (non-hydrogen) atoms. The second-order valence-corrected chi connectivity index (χ2v) is 2.97. The molecule has 0 rings (SSSR count). The van der Waals surface area contributed by atoms with Gasteiger partial charge in [-0.25, -0.2) is 0 Å². The van der Waals surface area contributed by atoms with Gasteiger partial charge in [-0.05, 0) is 0 Å². The normalized spacial score (nSPS) is 8.78. The Morgan fingerprint density at radius 3 is 2.00 bits per heavy atom. The predicted molar refractivity (Wildman–Crippen MR) is 39.3 cm³/mol. The molecule has 0 atom stereocenters. The van der Waals surface area contributed by atoms with Crippen molar-refractivity contribution >= 4 is 21.7 Å². The smallest absolute Gasteiger partial charge is 1.00 e. The van der Waals surface area contributed by atoms with Crippen LogP contribution < -0.4 is 24.0 Å². The van der Waals surface area contributed by atoms with Gasteiger partial charge in [0.15, 0.2) is 0 Å². The minimum atomic E-state index is 0. The van der Waals surface area contributed by atoms with Gasteiger partial charge in [0.25, 0.3) is 0 Å². The number of hydrogen-bond acceptors (Lipinski definition) is 0. The van der Waals surface area contributed by atoms with Crippen LogP contribution in [0, 0.1) is 0 Å². The Hall–Kier alpha value is 1.50. The monoisotopic (exact) mass is 250 g/mol. The molecule has 0 nitrogen and oxygen atoms in total. The summed E-state index contributed by atoms with van der Waals surface area (Å²) in [5, 5.41) is 0. The SMILES string of the molecule is CCCCCC[CH2][Mg+].[I-]. The van der Waals surface area contributed by atoms with E-state index in [0.717, 1.165) is 0 Å². The summed E-state index contributed by atoms with van der Waals surface area (Å²) in [6.07, 6.45) is 7.15. The molecule has 0 N–H and O–H groups in total. The first-order valence-electron chi connectivity index (χ1n) is 3.71. The van der Waals surface area contributed by atoms with Gasteiger partial charge in [0.05, 0.1) is 0 Å². The topological polar surface area (TPSA) is 0 Å². The summed E-state index contributed by atoms with van der Waals surface area (Å²) in [7, 11) is 0. The van der Waals surface area contributed by atoms with Crippen LogP contribution in [-0.2, 0) is 0 Å². The minimum absolute atomic E-state index is 0. The molecule has 0 saturated carbocycles. The van der Waals surface area contributed by atoms with Crippen LogP contribution in [0.15, 0.2) is 0 Å². The Morgan fingerprint density at radius 1 is 1.00 bits per heavy atom. The standard InChI is InChI=1S/C7H15.HI.Mg/c1-3-5-7-6-4-2;;/h1,3-7H2,2H3;1H;/q;;+1/p-1. The molecule has 0 spiro atoms. The quantitative estimate of drug-likeness (QED) is 0.352. The second kappa shape index (κ2) is 12.2. The summed E-state index contributed by atoms with van der Waals surface area (Å²) in [5.74, 6) is 0. The molecule has 0 amide bonds. The van der Waals surface area contributed by atoms with E-state index in [4.69, 9.17) is 0 Å². The summed E-state index contributed by atoms with van der Waals surface area (Å²) in [4.78, 5) is 0. The van der Waals surface area contributed by atoms with E-state index < -0.39 is 0 Å². The Bertz CT molecular complexity index is 33.9. The van der Waals surface area contributed by atoms with Crippen LogP contribution in [0.25, 0.3) is 0 Å². The van der Waals surface area contributed by atoms with Crippen molar-refractivity contribution in [2.45, 2.75) is 43.6 Å². The van der Waals surface area contributed by atoms with E-state index in [1.165, 1.54) is 36.7 Å². The van der Waals surface area contributed by atoms with Crippen LogP contribution in [0.5, 0.6) is 0 Å². The molecule has 0 fully saturated rings. The average Bonchev–Trinajstić information content (AvgIpc) is 1.81. The van der Waals surface area contributed by atoms with Crippen molar-refractivity contribution in [3.63, 3.8) is 0 Å². The van der Waals surface area contributed by atoms with Crippen molar-refractivity contribution in [3.05, 3.63) is 0 Å². The third-order valence-corrected chi connectivity index (χ3v) is 1.85. The Balaban J connectivity index is 0. The molecule has 0 aliphatic heterocycles. The molecular formula is C7H15IMg. The van der Waals surface area contributed by atoms with Crippen LogP contribution in [0.1, 0.15) is 39.0 Å². The van der Waals surface area contributed by atoms with Crippen molar-refractivity contribution in [1.82, 2.24) is 0 Å². The zero-order valence-electron chi connectivity index (χ0n) is 6.33. The van der Waals surface area contributed by atoms with Crippen LogP contribution in [0.3, 0.4) is 0 Å². The van der Waals surface area contributed by atoms with E-state index in [1.54, 1.807) is 0 Å². The summed E-state index contributed by atoms with van der Waals surface area (Å²) in [6.45, 7) is 2.26. The van der Waals surface area contributed by atoms with Gasteiger partial charge >= 0.3 is 65.3 Å². The fraction of sp³-hybridized carbons (Fsp3) is 1.00. The van der Waals surface area contributed by atoms with E-state index in [2.05, 4.69) is 28.6 Å². The van der Waals surface area contributed by atoms with Gasteiger partial charge in [0.1, 0.15) is 0 Å². The second-order valence-electron chi connectivity index (χ2n) is 2.27. The van der Waals surface area contributed by atoms with Crippen molar-refractivity contribution in [2.24, 2.45) is 0 Å². The van der Waals surface area contributed by atoms with Gasteiger partial charge in [-0.1, -0.05) is 0 Å². The van der Waals surface area contributed by atoms with Crippen LogP contribution in [0.4, 0.5) is 0 Å². The van der Waals surface area contributed by atoms with Crippen molar-refractivity contribution in [1.29, 1.82) is 0 Å². The number of hydrogen-bond donors (Lipinski definition) is 0. The molecule has 0 aliphatic carbocycles.